The smallest absolute Gasteiger partial charge is 0.310 e. The minimum Gasteiger partial charge on any atom is -0.489 e. The lowest BCUT2D eigenvalue weighted by Crippen LogP contribution is -2.37. The summed E-state index contributed by atoms with van der Waals surface area (Å²) in [5, 5.41) is 9.13. The molecule has 0 amide bonds. The van der Waals surface area contributed by atoms with Crippen LogP contribution in [-0.2, 0) is 11.2 Å². The predicted octanol–water partition coefficient (Wildman–Crippen LogP) is 2.86. The van der Waals surface area contributed by atoms with E-state index in [2.05, 4.69) is 15.9 Å². The number of aliphatic carboxylic acids is 1. The Morgan fingerprint density at radius 1 is 1.62 bits per heavy atom. The number of fused-ring (bicyclic) bond motifs is 1. The summed E-state index contributed by atoms with van der Waals surface area (Å²) in [6.07, 6.45) is 1.04. The summed E-state index contributed by atoms with van der Waals surface area (Å²) in [6, 6.07) is 5.73. The second-order valence-corrected chi connectivity index (χ2v) is 4.88. The van der Waals surface area contributed by atoms with Gasteiger partial charge in [0.25, 0.3) is 0 Å². The minimum absolute atomic E-state index is 0.223. The van der Waals surface area contributed by atoms with Gasteiger partial charge in [-0.3, -0.25) is 4.79 Å². The van der Waals surface area contributed by atoms with Gasteiger partial charge in [0.2, 0.25) is 0 Å². The molecule has 0 saturated heterocycles. The third-order valence-electron chi connectivity index (χ3n) is 2.92. The highest BCUT2D eigenvalue weighted by atomic mass is 79.9. The van der Waals surface area contributed by atoms with Crippen LogP contribution in [0.3, 0.4) is 0 Å². The van der Waals surface area contributed by atoms with E-state index in [1.165, 1.54) is 0 Å². The molecule has 1 N–H and O–H groups in total. The van der Waals surface area contributed by atoms with E-state index in [4.69, 9.17) is 9.84 Å². The average molecular weight is 285 g/mol. The van der Waals surface area contributed by atoms with Crippen LogP contribution in [0.5, 0.6) is 5.75 Å². The van der Waals surface area contributed by atoms with Crippen LogP contribution in [0.4, 0.5) is 0 Å². The lowest BCUT2D eigenvalue weighted by Gasteiger charge is -2.30. The van der Waals surface area contributed by atoms with Crippen molar-refractivity contribution in [2.24, 2.45) is 5.92 Å². The van der Waals surface area contributed by atoms with E-state index in [9.17, 15) is 4.79 Å². The maximum Gasteiger partial charge on any atom is 0.310 e. The number of benzene rings is 1. The van der Waals surface area contributed by atoms with Crippen molar-refractivity contribution in [3.8, 4) is 5.75 Å². The van der Waals surface area contributed by atoms with Crippen molar-refractivity contribution < 1.29 is 14.6 Å². The summed E-state index contributed by atoms with van der Waals surface area (Å²) in [4.78, 5) is 11.1. The standard InChI is InChI=1S/C12H13BrO3/c1-2-10-9(12(14)15)5-7-3-4-8(13)6-11(7)16-10/h3-4,6,9-10H,2,5H2,1H3,(H,14,15). The Kier molecular flexibility index (Phi) is 3.19. The molecule has 0 aliphatic carbocycles. The molecule has 2 rings (SSSR count). The first-order chi connectivity index (χ1) is 7.61. The normalized spacial score (nSPS) is 23.4. The molecule has 2 atom stereocenters. The van der Waals surface area contributed by atoms with Gasteiger partial charge in [0.05, 0.1) is 5.92 Å². The van der Waals surface area contributed by atoms with E-state index >= 15 is 0 Å². The van der Waals surface area contributed by atoms with Crippen LogP contribution in [0, 0.1) is 5.92 Å². The maximum absolute atomic E-state index is 11.1. The highest BCUT2D eigenvalue weighted by Crippen LogP contribution is 2.34. The molecule has 86 valence electrons. The molecule has 1 aromatic carbocycles. The lowest BCUT2D eigenvalue weighted by molar-refractivity contribution is -0.145. The summed E-state index contributed by atoms with van der Waals surface area (Å²) < 4.78 is 6.68. The number of rotatable bonds is 2. The summed E-state index contributed by atoms with van der Waals surface area (Å²) in [6.45, 7) is 1.95. The molecule has 1 aliphatic heterocycles. The van der Waals surface area contributed by atoms with Crippen LogP contribution in [0.1, 0.15) is 18.9 Å². The number of carbonyl (C=O) groups is 1. The number of carboxylic acid groups (broad SMARTS) is 1. The molecule has 0 bridgehead atoms. The van der Waals surface area contributed by atoms with Crippen molar-refractivity contribution in [3.05, 3.63) is 28.2 Å². The van der Waals surface area contributed by atoms with Gasteiger partial charge >= 0.3 is 5.97 Å². The van der Waals surface area contributed by atoms with Crippen molar-refractivity contribution in [1.82, 2.24) is 0 Å². The highest BCUT2D eigenvalue weighted by Gasteiger charge is 2.33. The summed E-state index contributed by atoms with van der Waals surface area (Å²) >= 11 is 3.38. The Morgan fingerprint density at radius 2 is 2.38 bits per heavy atom. The first-order valence-corrected chi connectivity index (χ1v) is 6.09. The van der Waals surface area contributed by atoms with Crippen LogP contribution in [0.25, 0.3) is 0 Å². The molecule has 16 heavy (non-hydrogen) atoms. The van der Waals surface area contributed by atoms with E-state index in [-0.39, 0.29) is 6.10 Å². The van der Waals surface area contributed by atoms with E-state index in [1.54, 1.807) is 0 Å². The zero-order valence-corrected chi connectivity index (χ0v) is 10.5. The second-order valence-electron chi connectivity index (χ2n) is 3.97. The lowest BCUT2D eigenvalue weighted by atomic mass is 9.89. The Hall–Kier alpha value is -1.03. The fourth-order valence-electron chi connectivity index (χ4n) is 2.03. The number of carboxylic acids is 1. The fourth-order valence-corrected chi connectivity index (χ4v) is 2.37. The van der Waals surface area contributed by atoms with E-state index in [0.717, 1.165) is 15.8 Å². The zero-order chi connectivity index (χ0) is 11.7. The maximum atomic E-state index is 11.1. The van der Waals surface area contributed by atoms with Gasteiger partial charge in [-0.2, -0.15) is 0 Å². The molecular weight excluding hydrogens is 272 g/mol. The van der Waals surface area contributed by atoms with Crippen molar-refractivity contribution in [2.45, 2.75) is 25.9 Å². The Balaban J connectivity index is 2.33. The van der Waals surface area contributed by atoms with Crippen LogP contribution in [0.2, 0.25) is 0 Å². The largest absolute Gasteiger partial charge is 0.489 e. The van der Waals surface area contributed by atoms with Gasteiger partial charge in [-0.1, -0.05) is 28.9 Å². The molecule has 0 saturated carbocycles. The van der Waals surface area contributed by atoms with Crippen molar-refractivity contribution in [3.63, 3.8) is 0 Å². The monoisotopic (exact) mass is 284 g/mol. The number of halogens is 1. The van der Waals surface area contributed by atoms with E-state index in [0.29, 0.717) is 12.8 Å². The first kappa shape index (κ1) is 11.5. The number of hydrogen-bond donors (Lipinski definition) is 1. The fraction of sp³-hybridized carbons (Fsp3) is 0.417. The first-order valence-electron chi connectivity index (χ1n) is 5.29. The predicted molar refractivity (Wildman–Crippen MR) is 63.7 cm³/mol. The van der Waals surface area contributed by atoms with Gasteiger partial charge in [0, 0.05) is 4.47 Å². The Morgan fingerprint density at radius 3 is 3.00 bits per heavy atom. The molecular formula is C12H13BrO3. The molecule has 1 heterocycles. The van der Waals surface area contributed by atoms with Gasteiger partial charge in [0.15, 0.2) is 0 Å². The third kappa shape index (κ3) is 2.07. The highest BCUT2D eigenvalue weighted by molar-refractivity contribution is 9.10. The molecule has 0 radical (unpaired) electrons. The zero-order valence-electron chi connectivity index (χ0n) is 8.94. The molecule has 0 fully saturated rings. The molecule has 1 aliphatic rings. The van der Waals surface area contributed by atoms with Crippen LogP contribution >= 0.6 is 15.9 Å². The van der Waals surface area contributed by atoms with Gasteiger partial charge in [-0.05, 0) is 30.5 Å². The Labute approximate surface area is 103 Å². The van der Waals surface area contributed by atoms with Crippen molar-refractivity contribution in [1.29, 1.82) is 0 Å². The SMILES string of the molecule is CCC1Oc2cc(Br)ccc2CC1C(=O)O. The minimum atomic E-state index is -0.777. The average Bonchev–Trinajstić information content (AvgIpc) is 2.26. The van der Waals surface area contributed by atoms with Crippen LogP contribution in [-0.4, -0.2) is 17.2 Å². The second kappa shape index (κ2) is 4.45. The van der Waals surface area contributed by atoms with E-state index < -0.39 is 11.9 Å². The van der Waals surface area contributed by atoms with E-state index in [1.807, 2.05) is 25.1 Å². The number of hydrogen-bond acceptors (Lipinski definition) is 2. The van der Waals surface area contributed by atoms with Gasteiger partial charge in [-0.15, -0.1) is 0 Å². The van der Waals surface area contributed by atoms with Crippen molar-refractivity contribution in [2.75, 3.05) is 0 Å². The quantitative estimate of drug-likeness (QED) is 0.908. The van der Waals surface area contributed by atoms with Gasteiger partial charge in [-0.25, -0.2) is 0 Å². The van der Waals surface area contributed by atoms with Gasteiger partial charge < -0.3 is 9.84 Å². The van der Waals surface area contributed by atoms with Gasteiger partial charge in [0.1, 0.15) is 11.9 Å². The summed E-state index contributed by atoms with van der Waals surface area (Å²) in [7, 11) is 0. The summed E-state index contributed by atoms with van der Waals surface area (Å²) in [5.74, 6) is -0.405. The molecule has 2 unspecified atom stereocenters. The number of ether oxygens (including phenoxy) is 1. The topological polar surface area (TPSA) is 46.5 Å². The molecule has 0 spiro atoms. The van der Waals surface area contributed by atoms with Crippen LogP contribution < -0.4 is 4.74 Å². The van der Waals surface area contributed by atoms with Crippen molar-refractivity contribution >= 4 is 21.9 Å². The Bertz CT molecular complexity index is 417. The third-order valence-corrected chi connectivity index (χ3v) is 3.41. The molecule has 1 aromatic rings. The molecule has 0 aromatic heterocycles. The summed E-state index contributed by atoms with van der Waals surface area (Å²) in [5.41, 5.74) is 0.973. The molecule has 4 heteroatoms. The van der Waals surface area contributed by atoms with Crippen LogP contribution in [0.15, 0.2) is 22.7 Å². The molecule has 3 nitrogen and oxygen atoms in total.